The Hall–Kier alpha value is -3.55. The van der Waals surface area contributed by atoms with Crippen LogP contribution in [0.4, 0.5) is 36.4 Å². The molecular weight excluding hydrogens is 351 g/mol. The lowest BCUT2D eigenvalue weighted by molar-refractivity contribution is -0.137. The summed E-state index contributed by atoms with van der Waals surface area (Å²) < 4.78 is 38.2. The summed E-state index contributed by atoms with van der Waals surface area (Å²) in [6.45, 7) is 1.43. The van der Waals surface area contributed by atoms with Gasteiger partial charge in [0.05, 0.1) is 5.56 Å². The fourth-order valence-electron chi connectivity index (χ4n) is 2.01. The second-order valence-corrected chi connectivity index (χ2v) is 5.24. The summed E-state index contributed by atoms with van der Waals surface area (Å²) in [6.07, 6.45) is -4.53. The summed E-state index contributed by atoms with van der Waals surface area (Å²) in [5, 5.41) is 14.1. The first-order valence-electron chi connectivity index (χ1n) is 7.19. The third kappa shape index (κ3) is 4.29. The van der Waals surface area contributed by atoms with E-state index < -0.39 is 23.7 Å². The van der Waals surface area contributed by atoms with Crippen molar-refractivity contribution in [2.75, 3.05) is 22.1 Å². The van der Waals surface area contributed by atoms with Crippen LogP contribution in [0.5, 0.6) is 0 Å². The molecule has 0 saturated carbocycles. The number of halogens is 3. The summed E-state index contributed by atoms with van der Waals surface area (Å²) in [4.78, 5) is 19.6. The van der Waals surface area contributed by atoms with Gasteiger partial charge in [-0.3, -0.25) is 4.79 Å². The number of nitrogens with two attached hydrogens (primary N) is 2. The first-order valence-corrected chi connectivity index (χ1v) is 7.19. The van der Waals surface area contributed by atoms with E-state index in [1.807, 2.05) is 0 Å². The Balaban J connectivity index is 2.16. The zero-order valence-electron chi connectivity index (χ0n) is 13.4. The number of nitrogens with one attached hydrogen (secondary N) is 2. The lowest BCUT2D eigenvalue weighted by atomic mass is 10.2. The van der Waals surface area contributed by atoms with Crippen molar-refractivity contribution >= 4 is 29.2 Å². The molecule has 0 spiro atoms. The van der Waals surface area contributed by atoms with E-state index in [0.717, 1.165) is 12.1 Å². The van der Waals surface area contributed by atoms with Gasteiger partial charge < -0.3 is 22.1 Å². The maximum absolute atomic E-state index is 12.7. The van der Waals surface area contributed by atoms with Crippen LogP contribution in [0.2, 0.25) is 0 Å². The smallest absolute Gasteiger partial charge is 0.382 e. The quantitative estimate of drug-likeness (QED) is 0.648. The van der Waals surface area contributed by atoms with E-state index in [0.29, 0.717) is 0 Å². The highest BCUT2D eigenvalue weighted by Gasteiger charge is 2.30. The zero-order valence-corrected chi connectivity index (χ0v) is 13.4. The molecule has 0 bridgehead atoms. The van der Waals surface area contributed by atoms with E-state index in [9.17, 15) is 18.0 Å². The van der Waals surface area contributed by atoms with Crippen molar-refractivity contribution in [1.29, 1.82) is 5.26 Å². The maximum atomic E-state index is 12.7. The van der Waals surface area contributed by atoms with Crippen molar-refractivity contribution in [2.24, 2.45) is 0 Å². The van der Waals surface area contributed by atoms with Gasteiger partial charge in [-0.2, -0.15) is 28.4 Å². The molecule has 2 aromatic rings. The van der Waals surface area contributed by atoms with E-state index >= 15 is 0 Å². The van der Waals surface area contributed by atoms with E-state index in [-0.39, 0.29) is 28.8 Å². The molecule has 0 aliphatic heterocycles. The second kappa shape index (κ2) is 7.14. The number of anilines is 4. The largest absolute Gasteiger partial charge is 0.416 e. The van der Waals surface area contributed by atoms with E-state index in [4.69, 9.17) is 16.7 Å². The second-order valence-electron chi connectivity index (χ2n) is 5.24. The minimum absolute atomic E-state index is 0.0271. The van der Waals surface area contributed by atoms with Crippen molar-refractivity contribution in [3.63, 3.8) is 0 Å². The molecule has 2 rings (SSSR count). The number of alkyl halides is 3. The van der Waals surface area contributed by atoms with Gasteiger partial charge in [-0.25, -0.2) is 0 Å². The highest BCUT2D eigenvalue weighted by atomic mass is 19.4. The number of benzene rings is 1. The molecule has 1 atom stereocenters. The maximum Gasteiger partial charge on any atom is 0.416 e. The van der Waals surface area contributed by atoms with Gasteiger partial charge in [0.15, 0.2) is 5.82 Å². The van der Waals surface area contributed by atoms with Gasteiger partial charge in [0, 0.05) is 5.69 Å². The molecule has 0 radical (unpaired) electrons. The molecule has 0 aliphatic rings. The first-order chi connectivity index (χ1) is 12.1. The number of nitriles is 1. The van der Waals surface area contributed by atoms with E-state index in [1.165, 1.54) is 19.1 Å². The fourth-order valence-corrected chi connectivity index (χ4v) is 2.01. The predicted molar refractivity (Wildman–Crippen MR) is 88.7 cm³/mol. The predicted octanol–water partition coefficient (Wildman–Crippen LogP) is 1.97. The number of aromatic nitrogens is 2. The zero-order chi connectivity index (χ0) is 19.5. The summed E-state index contributed by atoms with van der Waals surface area (Å²) in [5.41, 5.74) is 10.0. The topological polar surface area (TPSA) is 143 Å². The van der Waals surface area contributed by atoms with E-state index in [1.54, 1.807) is 6.07 Å². The third-order valence-electron chi connectivity index (χ3n) is 3.27. The summed E-state index contributed by atoms with van der Waals surface area (Å²) in [7, 11) is 0. The molecule has 0 fully saturated rings. The number of carbonyl (C=O) groups excluding carboxylic acids is 1. The van der Waals surface area contributed by atoms with Crippen LogP contribution in [-0.2, 0) is 11.0 Å². The minimum atomic E-state index is -4.53. The lowest BCUT2D eigenvalue weighted by Gasteiger charge is -2.16. The third-order valence-corrected chi connectivity index (χ3v) is 3.27. The van der Waals surface area contributed by atoms with Gasteiger partial charge in [-0.05, 0) is 25.1 Å². The highest BCUT2D eigenvalue weighted by molar-refractivity contribution is 5.96. The molecule has 0 unspecified atom stereocenters. The van der Waals surface area contributed by atoms with E-state index in [2.05, 4.69) is 20.6 Å². The molecule has 1 aromatic carbocycles. The van der Waals surface area contributed by atoms with Crippen LogP contribution in [-0.4, -0.2) is 21.9 Å². The van der Waals surface area contributed by atoms with Gasteiger partial charge in [0.25, 0.3) is 0 Å². The summed E-state index contributed by atoms with van der Waals surface area (Å²) in [6, 6.07) is 5.03. The van der Waals surface area contributed by atoms with Crippen LogP contribution >= 0.6 is 0 Å². The van der Waals surface area contributed by atoms with Crippen molar-refractivity contribution in [3.8, 4) is 6.07 Å². The SMILES string of the molecule is C[C@H](Nc1nc(N)nc(N)c1C#N)C(=O)Nc1cccc(C(F)(F)F)c1. The molecule has 1 aromatic heterocycles. The van der Waals surface area contributed by atoms with Crippen LogP contribution in [0.15, 0.2) is 24.3 Å². The molecule has 8 nitrogen and oxygen atoms in total. The van der Waals surface area contributed by atoms with Gasteiger partial charge in [0.1, 0.15) is 23.5 Å². The van der Waals surface area contributed by atoms with Crippen LogP contribution in [0, 0.1) is 11.3 Å². The number of nitrogen functional groups attached to an aromatic ring is 2. The van der Waals surface area contributed by atoms with Crippen LogP contribution < -0.4 is 22.1 Å². The molecule has 136 valence electrons. The number of carbonyl (C=O) groups is 1. The van der Waals surface area contributed by atoms with Crippen molar-refractivity contribution in [1.82, 2.24) is 9.97 Å². The van der Waals surface area contributed by atoms with Crippen molar-refractivity contribution < 1.29 is 18.0 Å². The molecule has 11 heteroatoms. The molecule has 26 heavy (non-hydrogen) atoms. The number of rotatable bonds is 4. The Morgan fingerprint density at radius 3 is 2.62 bits per heavy atom. The molecule has 1 heterocycles. The van der Waals surface area contributed by atoms with Gasteiger partial charge >= 0.3 is 6.18 Å². The molecule has 6 N–H and O–H groups in total. The Labute approximate surface area is 146 Å². The number of nitrogens with zero attached hydrogens (tertiary/aromatic N) is 3. The van der Waals surface area contributed by atoms with Gasteiger partial charge in [-0.15, -0.1) is 0 Å². The standard InChI is InChI=1S/C15H14F3N7O/c1-7(22-12-10(6-19)11(20)24-14(21)25-12)13(26)23-9-4-2-3-8(5-9)15(16,17)18/h2-5,7H,1H3,(H,23,26)(H5,20,21,22,24,25)/t7-/m0/s1. The fraction of sp³-hybridized carbons (Fsp3) is 0.200. The van der Waals surface area contributed by atoms with Crippen LogP contribution in [0.3, 0.4) is 0 Å². The van der Waals surface area contributed by atoms with Crippen molar-refractivity contribution in [2.45, 2.75) is 19.1 Å². The minimum Gasteiger partial charge on any atom is -0.382 e. The molecular formula is C15H14F3N7O. The highest BCUT2D eigenvalue weighted by Crippen LogP contribution is 2.30. The van der Waals surface area contributed by atoms with Crippen molar-refractivity contribution in [3.05, 3.63) is 35.4 Å². The average Bonchev–Trinajstić information content (AvgIpc) is 2.54. The molecule has 1 amide bonds. The Kier molecular flexibility index (Phi) is 5.16. The van der Waals surface area contributed by atoms with Gasteiger partial charge in [-0.1, -0.05) is 6.07 Å². The Bertz CT molecular complexity index is 877. The number of hydrogen-bond acceptors (Lipinski definition) is 7. The summed E-state index contributed by atoms with van der Waals surface area (Å²) >= 11 is 0. The normalized spacial score (nSPS) is 12.1. The van der Waals surface area contributed by atoms with Crippen LogP contribution in [0.25, 0.3) is 0 Å². The Morgan fingerprint density at radius 1 is 1.31 bits per heavy atom. The Morgan fingerprint density at radius 2 is 2.00 bits per heavy atom. The lowest BCUT2D eigenvalue weighted by Crippen LogP contribution is -2.32. The number of hydrogen-bond donors (Lipinski definition) is 4. The monoisotopic (exact) mass is 365 g/mol. The van der Waals surface area contributed by atoms with Crippen LogP contribution in [0.1, 0.15) is 18.1 Å². The first kappa shape index (κ1) is 18.8. The summed E-state index contributed by atoms with van der Waals surface area (Å²) in [5.74, 6) is -1.06. The average molecular weight is 365 g/mol. The number of amides is 1. The molecule has 0 aliphatic carbocycles. The molecule has 0 saturated heterocycles. The van der Waals surface area contributed by atoms with Gasteiger partial charge in [0.2, 0.25) is 11.9 Å².